The summed E-state index contributed by atoms with van der Waals surface area (Å²) >= 11 is 0. The summed E-state index contributed by atoms with van der Waals surface area (Å²) in [5.41, 5.74) is 14.1. The highest BCUT2D eigenvalue weighted by molar-refractivity contribution is 5.98. The van der Waals surface area contributed by atoms with Gasteiger partial charge in [-0.3, -0.25) is 10.2 Å². The summed E-state index contributed by atoms with van der Waals surface area (Å²) in [6, 6.07) is 8.19. The molecule has 2 aliphatic heterocycles. The van der Waals surface area contributed by atoms with Crippen molar-refractivity contribution in [2.75, 3.05) is 6.54 Å². The first kappa shape index (κ1) is 16.8. The zero-order valence-corrected chi connectivity index (χ0v) is 14.1. The lowest BCUT2D eigenvalue weighted by Gasteiger charge is -2.35. The second-order valence-corrected chi connectivity index (χ2v) is 6.80. The fraction of sp³-hybridized carbons (Fsp3) is 0.368. The Bertz CT molecular complexity index is 853. The van der Waals surface area contributed by atoms with E-state index in [-0.39, 0.29) is 29.4 Å². The zero-order valence-electron chi connectivity index (χ0n) is 14.1. The first-order chi connectivity index (χ1) is 12.6. The van der Waals surface area contributed by atoms with Crippen LogP contribution in [0.3, 0.4) is 0 Å². The molecule has 0 bridgehead atoms. The van der Waals surface area contributed by atoms with Gasteiger partial charge in [0.25, 0.3) is 0 Å². The number of benzene rings is 1. The number of ketones is 1. The Morgan fingerprint density at radius 2 is 2.04 bits per heavy atom. The third kappa shape index (κ3) is 2.68. The van der Waals surface area contributed by atoms with E-state index in [0.717, 1.165) is 12.0 Å². The van der Waals surface area contributed by atoms with E-state index in [0.29, 0.717) is 36.3 Å². The second-order valence-electron chi connectivity index (χ2n) is 6.80. The topological polar surface area (TPSA) is 100 Å². The maximum absolute atomic E-state index is 13.3. The molecule has 1 saturated heterocycles. The van der Waals surface area contributed by atoms with Gasteiger partial charge in [-0.2, -0.15) is 5.26 Å². The number of hydrazine groups is 1. The number of rotatable bonds is 2. The number of nitrogens with two attached hydrogens (primary N) is 1. The molecule has 4 N–H and O–H groups in total. The van der Waals surface area contributed by atoms with E-state index in [4.69, 9.17) is 10.5 Å². The Hall–Kier alpha value is -2.69. The van der Waals surface area contributed by atoms with Crippen molar-refractivity contribution in [3.05, 3.63) is 58.4 Å². The molecule has 134 valence electrons. The van der Waals surface area contributed by atoms with E-state index in [2.05, 4.69) is 16.9 Å². The van der Waals surface area contributed by atoms with Gasteiger partial charge in [0.2, 0.25) is 5.88 Å². The molecular formula is C19H19FN4O2. The van der Waals surface area contributed by atoms with Crippen molar-refractivity contribution in [2.45, 2.75) is 25.3 Å². The predicted molar refractivity (Wildman–Crippen MR) is 91.1 cm³/mol. The van der Waals surface area contributed by atoms with E-state index in [9.17, 15) is 14.4 Å². The molecule has 1 aliphatic carbocycles. The molecular weight excluding hydrogens is 335 g/mol. The van der Waals surface area contributed by atoms with Crippen LogP contribution in [-0.4, -0.2) is 12.3 Å². The minimum atomic E-state index is -0.436. The lowest BCUT2D eigenvalue weighted by molar-refractivity contribution is -0.117. The predicted octanol–water partition coefficient (Wildman–Crippen LogP) is 1.94. The average Bonchev–Trinajstić information content (AvgIpc) is 3.10. The number of nitrogens with zero attached hydrogens (tertiary/aromatic N) is 1. The number of nitriles is 1. The second kappa shape index (κ2) is 6.56. The van der Waals surface area contributed by atoms with Crippen LogP contribution in [0, 0.1) is 29.0 Å². The van der Waals surface area contributed by atoms with Crippen molar-refractivity contribution < 1.29 is 13.9 Å². The molecule has 4 rings (SSSR count). The van der Waals surface area contributed by atoms with Crippen molar-refractivity contribution >= 4 is 5.78 Å². The minimum Gasteiger partial charge on any atom is -0.444 e. The Kier molecular flexibility index (Phi) is 4.23. The fourth-order valence-corrected chi connectivity index (χ4v) is 4.15. The molecule has 0 amide bonds. The summed E-state index contributed by atoms with van der Waals surface area (Å²) in [6.45, 7) is 0.551. The summed E-state index contributed by atoms with van der Waals surface area (Å²) in [7, 11) is 0. The molecule has 3 aliphatic rings. The van der Waals surface area contributed by atoms with E-state index < -0.39 is 5.92 Å². The molecule has 26 heavy (non-hydrogen) atoms. The molecule has 2 heterocycles. The van der Waals surface area contributed by atoms with E-state index >= 15 is 0 Å². The van der Waals surface area contributed by atoms with Crippen LogP contribution in [0.15, 0.2) is 47.1 Å². The number of hydrogen-bond donors (Lipinski definition) is 3. The van der Waals surface area contributed by atoms with Crippen LogP contribution in [0.25, 0.3) is 0 Å². The number of nitrogens with one attached hydrogen (secondary N) is 2. The maximum Gasteiger partial charge on any atom is 0.204 e. The highest BCUT2D eigenvalue weighted by Gasteiger charge is 2.45. The monoisotopic (exact) mass is 354 g/mol. The van der Waals surface area contributed by atoms with Crippen molar-refractivity contribution in [3.63, 3.8) is 0 Å². The molecule has 0 saturated carbocycles. The number of carbonyl (C=O) groups excluding carboxylic acids is 1. The molecule has 1 fully saturated rings. The van der Waals surface area contributed by atoms with Crippen LogP contribution >= 0.6 is 0 Å². The Morgan fingerprint density at radius 1 is 1.27 bits per heavy atom. The van der Waals surface area contributed by atoms with Crippen molar-refractivity contribution in [3.8, 4) is 6.07 Å². The molecule has 1 aromatic rings. The average molecular weight is 354 g/mol. The number of hydrogen-bond acceptors (Lipinski definition) is 6. The molecule has 3 atom stereocenters. The summed E-state index contributed by atoms with van der Waals surface area (Å²) in [5.74, 6) is -0.181. The third-order valence-corrected chi connectivity index (χ3v) is 5.33. The lowest BCUT2D eigenvalue weighted by Crippen LogP contribution is -2.35. The van der Waals surface area contributed by atoms with Crippen LogP contribution in [0.4, 0.5) is 4.39 Å². The summed E-state index contributed by atoms with van der Waals surface area (Å²) < 4.78 is 18.9. The van der Waals surface area contributed by atoms with Gasteiger partial charge in [-0.25, -0.2) is 9.82 Å². The minimum absolute atomic E-state index is 0.0151. The SMILES string of the molecule is N#CC1=C(N)OC2=C(C(=O)CCC2)C1C1CNNC1c1ccc(F)cc1. The van der Waals surface area contributed by atoms with Crippen LogP contribution in [0.2, 0.25) is 0 Å². The van der Waals surface area contributed by atoms with Crippen LogP contribution in [-0.2, 0) is 9.53 Å². The fourth-order valence-electron chi connectivity index (χ4n) is 4.15. The largest absolute Gasteiger partial charge is 0.444 e. The summed E-state index contributed by atoms with van der Waals surface area (Å²) in [4.78, 5) is 12.7. The summed E-state index contributed by atoms with van der Waals surface area (Å²) in [5, 5.41) is 9.67. The van der Waals surface area contributed by atoms with Gasteiger partial charge < -0.3 is 10.5 Å². The van der Waals surface area contributed by atoms with Gasteiger partial charge in [0.15, 0.2) is 5.78 Å². The number of Topliss-reactive ketones (excluding diaryl/α,β-unsaturated/α-hetero) is 1. The van der Waals surface area contributed by atoms with E-state index in [1.807, 2.05) is 0 Å². The number of halogens is 1. The van der Waals surface area contributed by atoms with Crippen LogP contribution in [0.5, 0.6) is 0 Å². The maximum atomic E-state index is 13.3. The third-order valence-electron chi connectivity index (χ3n) is 5.33. The smallest absolute Gasteiger partial charge is 0.204 e. The Morgan fingerprint density at radius 3 is 2.77 bits per heavy atom. The highest BCUT2D eigenvalue weighted by atomic mass is 19.1. The van der Waals surface area contributed by atoms with Crippen LogP contribution < -0.4 is 16.6 Å². The standard InChI is InChI=1S/C19H19FN4O2/c20-11-6-4-10(5-7-11)18-13(9-23-24-18)16-12(8-21)19(22)26-15-3-1-2-14(25)17(15)16/h4-7,13,16,18,23-24H,1-3,9,22H2. The van der Waals surface area contributed by atoms with Crippen molar-refractivity contribution in [2.24, 2.45) is 17.6 Å². The molecule has 0 radical (unpaired) electrons. The number of carbonyl (C=O) groups is 1. The van der Waals surface area contributed by atoms with Gasteiger partial charge in [-0.15, -0.1) is 0 Å². The van der Waals surface area contributed by atoms with E-state index in [1.165, 1.54) is 12.1 Å². The lowest BCUT2D eigenvalue weighted by atomic mass is 9.71. The molecule has 0 spiro atoms. The zero-order chi connectivity index (χ0) is 18.3. The van der Waals surface area contributed by atoms with Gasteiger partial charge in [-0.1, -0.05) is 12.1 Å². The van der Waals surface area contributed by atoms with Crippen molar-refractivity contribution in [1.29, 1.82) is 5.26 Å². The quantitative estimate of drug-likeness (QED) is 0.750. The number of allylic oxidation sites excluding steroid dienone is 3. The van der Waals surface area contributed by atoms with Gasteiger partial charge in [-0.05, 0) is 24.1 Å². The molecule has 3 unspecified atom stereocenters. The number of ether oxygens (including phenoxy) is 1. The molecule has 1 aromatic carbocycles. The summed E-state index contributed by atoms with van der Waals surface area (Å²) in [6.07, 6.45) is 1.82. The first-order valence-corrected chi connectivity index (χ1v) is 8.68. The van der Waals surface area contributed by atoms with Gasteiger partial charge in [0.1, 0.15) is 17.6 Å². The first-order valence-electron chi connectivity index (χ1n) is 8.68. The molecule has 0 aromatic heterocycles. The van der Waals surface area contributed by atoms with Gasteiger partial charge >= 0.3 is 0 Å². The molecule has 7 heteroatoms. The Balaban J connectivity index is 1.78. The molecule has 6 nitrogen and oxygen atoms in total. The normalized spacial score (nSPS) is 28.6. The highest BCUT2D eigenvalue weighted by Crippen LogP contribution is 2.45. The van der Waals surface area contributed by atoms with Gasteiger partial charge in [0.05, 0.1) is 11.6 Å². The Labute approximate surface area is 150 Å². The van der Waals surface area contributed by atoms with E-state index in [1.54, 1.807) is 12.1 Å². The van der Waals surface area contributed by atoms with Gasteiger partial charge in [0, 0.05) is 36.8 Å². The van der Waals surface area contributed by atoms with Crippen molar-refractivity contribution in [1.82, 2.24) is 10.9 Å². The van der Waals surface area contributed by atoms with Crippen LogP contribution in [0.1, 0.15) is 30.9 Å².